The molecular weight excluding hydrogens is 302 g/mol. The van der Waals surface area contributed by atoms with Crippen LogP contribution in [0.3, 0.4) is 0 Å². The maximum atomic E-state index is 11.2. The van der Waals surface area contributed by atoms with Gasteiger partial charge in [0.1, 0.15) is 5.75 Å². The maximum absolute atomic E-state index is 11.2. The third kappa shape index (κ3) is 2.48. The van der Waals surface area contributed by atoms with E-state index in [0.29, 0.717) is 13.0 Å². The molecule has 0 bridgehead atoms. The number of ether oxygens (including phenoxy) is 1. The first-order valence-electron chi connectivity index (χ1n) is 7.88. The minimum absolute atomic E-state index is 0.000719. The van der Waals surface area contributed by atoms with E-state index in [-0.39, 0.29) is 12.0 Å². The van der Waals surface area contributed by atoms with Crippen LogP contribution in [-0.2, 0) is 17.6 Å². The highest BCUT2D eigenvalue weighted by Crippen LogP contribution is 2.45. The Morgan fingerprint density at radius 3 is 2.59 bits per heavy atom. The van der Waals surface area contributed by atoms with Gasteiger partial charge >= 0.3 is 5.97 Å². The molecule has 0 amide bonds. The zero-order valence-electron chi connectivity index (χ0n) is 13.0. The van der Waals surface area contributed by atoms with E-state index in [4.69, 9.17) is 16.3 Å². The molecule has 1 aromatic carbocycles. The molecule has 0 radical (unpaired) electrons. The van der Waals surface area contributed by atoms with Crippen LogP contribution in [0.4, 0.5) is 0 Å². The van der Waals surface area contributed by atoms with Crippen molar-refractivity contribution in [2.75, 3.05) is 13.7 Å². The number of aliphatic carboxylic acids is 1. The second kappa shape index (κ2) is 6.09. The van der Waals surface area contributed by atoms with Gasteiger partial charge in [0.25, 0.3) is 0 Å². The molecule has 2 N–H and O–H groups in total. The molecule has 1 aliphatic heterocycles. The average Bonchev–Trinajstić information content (AvgIpc) is 3.00. The van der Waals surface area contributed by atoms with E-state index in [1.54, 1.807) is 7.11 Å². The molecule has 1 saturated heterocycles. The van der Waals surface area contributed by atoms with Crippen molar-refractivity contribution >= 4 is 17.6 Å². The lowest BCUT2D eigenvalue weighted by Gasteiger charge is -2.27. The molecule has 2 unspecified atom stereocenters. The van der Waals surface area contributed by atoms with Crippen molar-refractivity contribution in [2.45, 2.75) is 45.1 Å². The summed E-state index contributed by atoms with van der Waals surface area (Å²) < 4.78 is 5.61. The quantitative estimate of drug-likeness (QED) is 0.896. The number of rotatable bonds is 3. The van der Waals surface area contributed by atoms with E-state index >= 15 is 0 Å². The van der Waals surface area contributed by atoms with Gasteiger partial charge in [-0.15, -0.1) is 0 Å². The number of hydrogen-bond donors (Lipinski definition) is 2. The Morgan fingerprint density at radius 1 is 1.32 bits per heavy atom. The first-order chi connectivity index (χ1) is 10.5. The maximum Gasteiger partial charge on any atom is 0.307 e. The number of fused-ring (bicyclic) bond motifs is 1. The van der Waals surface area contributed by atoms with Gasteiger partial charge in [0.2, 0.25) is 0 Å². The van der Waals surface area contributed by atoms with Gasteiger partial charge < -0.3 is 15.2 Å². The molecule has 0 saturated carbocycles. The smallest absolute Gasteiger partial charge is 0.307 e. The molecule has 1 heterocycles. The van der Waals surface area contributed by atoms with Gasteiger partial charge in [-0.05, 0) is 55.7 Å². The molecule has 1 fully saturated rings. The summed E-state index contributed by atoms with van der Waals surface area (Å²) in [6, 6.07) is 0.000719. The van der Waals surface area contributed by atoms with Crippen LogP contribution in [0.25, 0.3) is 0 Å². The monoisotopic (exact) mass is 323 g/mol. The Bertz CT molecular complexity index is 615. The molecule has 120 valence electrons. The zero-order chi connectivity index (χ0) is 15.9. The number of methoxy groups -OCH3 is 1. The van der Waals surface area contributed by atoms with E-state index in [0.717, 1.165) is 35.6 Å². The van der Waals surface area contributed by atoms with Crippen molar-refractivity contribution in [1.29, 1.82) is 0 Å². The summed E-state index contributed by atoms with van der Waals surface area (Å²) in [7, 11) is 1.64. The van der Waals surface area contributed by atoms with Crippen molar-refractivity contribution in [3.05, 3.63) is 27.3 Å². The number of carbonyl (C=O) groups is 1. The zero-order valence-corrected chi connectivity index (χ0v) is 13.8. The first-order valence-corrected chi connectivity index (χ1v) is 8.26. The summed E-state index contributed by atoms with van der Waals surface area (Å²) in [5.41, 5.74) is 4.84. The van der Waals surface area contributed by atoms with Crippen LogP contribution in [0.2, 0.25) is 5.02 Å². The highest BCUT2D eigenvalue weighted by molar-refractivity contribution is 6.33. The molecule has 22 heavy (non-hydrogen) atoms. The fourth-order valence-corrected chi connectivity index (χ4v) is 4.30. The number of hydrogen-bond acceptors (Lipinski definition) is 3. The van der Waals surface area contributed by atoms with Gasteiger partial charge in [-0.2, -0.15) is 0 Å². The van der Waals surface area contributed by atoms with Gasteiger partial charge in [0, 0.05) is 18.2 Å². The summed E-state index contributed by atoms with van der Waals surface area (Å²) in [5.74, 6) is -0.358. The Hall–Kier alpha value is -1.26. The summed E-state index contributed by atoms with van der Waals surface area (Å²) in [4.78, 5) is 11.2. The summed E-state index contributed by atoms with van der Waals surface area (Å²) in [5, 5.41) is 13.3. The number of carboxylic acid groups (broad SMARTS) is 1. The SMILES string of the molecule is COc1c(Cl)c2c(c(C)c1C1CC(C(=O)O)CN1)CCCC2. The molecule has 0 aromatic heterocycles. The van der Waals surface area contributed by atoms with Gasteiger partial charge in [-0.1, -0.05) is 11.6 Å². The molecule has 2 atom stereocenters. The molecule has 0 spiro atoms. The van der Waals surface area contributed by atoms with Gasteiger partial charge in [-0.25, -0.2) is 0 Å². The van der Waals surface area contributed by atoms with Crippen molar-refractivity contribution in [3.63, 3.8) is 0 Å². The largest absolute Gasteiger partial charge is 0.495 e. The Morgan fingerprint density at radius 2 is 2.00 bits per heavy atom. The lowest BCUT2D eigenvalue weighted by molar-refractivity contribution is -0.141. The third-order valence-corrected chi connectivity index (χ3v) is 5.47. The molecular formula is C17H22ClNO3. The predicted molar refractivity (Wildman–Crippen MR) is 85.9 cm³/mol. The van der Waals surface area contributed by atoms with E-state index in [2.05, 4.69) is 12.2 Å². The molecule has 1 aromatic rings. The third-order valence-electron chi connectivity index (χ3n) is 5.07. The summed E-state index contributed by atoms with van der Waals surface area (Å²) >= 11 is 6.61. The second-order valence-corrected chi connectivity index (χ2v) is 6.66. The number of carboxylic acids is 1. The summed E-state index contributed by atoms with van der Waals surface area (Å²) in [6.07, 6.45) is 4.99. The van der Waals surface area contributed by atoms with Crippen molar-refractivity contribution < 1.29 is 14.6 Å². The average molecular weight is 324 g/mol. The van der Waals surface area contributed by atoms with Crippen LogP contribution in [0, 0.1) is 12.8 Å². The van der Waals surface area contributed by atoms with E-state index in [9.17, 15) is 9.90 Å². The Balaban J connectivity index is 2.07. The fourth-order valence-electron chi connectivity index (χ4n) is 3.91. The molecule has 1 aliphatic carbocycles. The Labute approximate surface area is 135 Å². The van der Waals surface area contributed by atoms with Crippen LogP contribution in [0.15, 0.2) is 0 Å². The minimum atomic E-state index is -0.740. The summed E-state index contributed by atoms with van der Waals surface area (Å²) in [6.45, 7) is 2.62. The van der Waals surface area contributed by atoms with Gasteiger partial charge in [0.05, 0.1) is 18.1 Å². The van der Waals surface area contributed by atoms with Crippen LogP contribution in [-0.4, -0.2) is 24.7 Å². The van der Waals surface area contributed by atoms with Crippen LogP contribution >= 0.6 is 11.6 Å². The standard InChI is InChI=1S/C17H22ClNO3/c1-9-11-5-3-4-6-12(11)15(18)16(22-2)14(9)13-7-10(8-19-13)17(20)21/h10,13,19H,3-8H2,1-2H3,(H,20,21). The Kier molecular flexibility index (Phi) is 4.33. The lowest BCUT2D eigenvalue weighted by Crippen LogP contribution is -2.19. The van der Waals surface area contributed by atoms with Crippen molar-refractivity contribution in [2.24, 2.45) is 5.92 Å². The van der Waals surface area contributed by atoms with E-state index in [1.807, 2.05) is 0 Å². The van der Waals surface area contributed by atoms with Gasteiger partial charge in [0.15, 0.2) is 0 Å². The number of halogens is 1. The van der Waals surface area contributed by atoms with Crippen LogP contribution in [0.5, 0.6) is 5.75 Å². The highest BCUT2D eigenvalue weighted by atomic mass is 35.5. The molecule has 3 rings (SSSR count). The molecule has 5 heteroatoms. The normalized spacial score (nSPS) is 24.1. The topological polar surface area (TPSA) is 58.6 Å². The number of benzene rings is 1. The van der Waals surface area contributed by atoms with E-state index < -0.39 is 5.97 Å². The predicted octanol–water partition coefficient (Wildman–Crippen LogP) is 3.27. The fraction of sp³-hybridized carbons (Fsp3) is 0.588. The van der Waals surface area contributed by atoms with Crippen molar-refractivity contribution in [1.82, 2.24) is 5.32 Å². The van der Waals surface area contributed by atoms with Gasteiger partial charge in [-0.3, -0.25) is 4.79 Å². The molecule has 4 nitrogen and oxygen atoms in total. The number of nitrogens with one attached hydrogen (secondary N) is 1. The van der Waals surface area contributed by atoms with Crippen molar-refractivity contribution in [3.8, 4) is 5.75 Å². The highest BCUT2D eigenvalue weighted by Gasteiger charge is 2.35. The van der Waals surface area contributed by atoms with Crippen LogP contribution in [0.1, 0.15) is 47.6 Å². The van der Waals surface area contributed by atoms with Crippen LogP contribution < -0.4 is 10.1 Å². The minimum Gasteiger partial charge on any atom is -0.495 e. The molecule has 2 aliphatic rings. The van der Waals surface area contributed by atoms with E-state index in [1.165, 1.54) is 23.1 Å². The second-order valence-electron chi connectivity index (χ2n) is 6.28. The lowest BCUT2D eigenvalue weighted by atomic mass is 9.83. The first kappa shape index (κ1) is 15.6.